The van der Waals surface area contributed by atoms with Gasteiger partial charge in [-0.25, -0.2) is 4.79 Å². The van der Waals surface area contributed by atoms with Crippen molar-refractivity contribution in [1.82, 2.24) is 15.5 Å². The predicted molar refractivity (Wildman–Crippen MR) is 79.1 cm³/mol. The van der Waals surface area contributed by atoms with Crippen molar-refractivity contribution in [3.8, 4) is 16.3 Å². The first kappa shape index (κ1) is 14.0. The molecule has 0 atom stereocenters. The molecular formula is C13H14N4O2S. The van der Waals surface area contributed by atoms with Crippen LogP contribution in [0, 0.1) is 0 Å². The van der Waals surface area contributed by atoms with Crippen molar-refractivity contribution in [2.75, 3.05) is 19.0 Å². The first-order valence-electron chi connectivity index (χ1n) is 5.86. The minimum Gasteiger partial charge on any atom is -0.497 e. The smallest absolute Gasteiger partial charge is 0.321 e. The molecule has 2 N–H and O–H groups in total. The number of hydrogen-bond donors (Lipinski definition) is 2. The van der Waals surface area contributed by atoms with Crippen molar-refractivity contribution < 1.29 is 9.53 Å². The van der Waals surface area contributed by atoms with E-state index in [1.165, 1.54) is 11.3 Å². The average Bonchev–Trinajstić information content (AvgIpc) is 2.93. The van der Waals surface area contributed by atoms with Gasteiger partial charge in [0.15, 0.2) is 0 Å². The molecule has 1 aromatic heterocycles. The Morgan fingerprint density at radius 2 is 2.15 bits per heavy atom. The molecule has 20 heavy (non-hydrogen) atoms. The minimum absolute atomic E-state index is 0.331. The Hall–Kier alpha value is -2.41. The molecular weight excluding hydrogens is 276 g/mol. The summed E-state index contributed by atoms with van der Waals surface area (Å²) in [6.07, 6.45) is 1.60. The molecule has 6 nitrogen and oxygen atoms in total. The Morgan fingerprint density at radius 1 is 1.40 bits per heavy atom. The normalized spacial score (nSPS) is 9.85. The second-order valence-corrected chi connectivity index (χ2v) is 4.74. The van der Waals surface area contributed by atoms with Crippen molar-refractivity contribution >= 4 is 22.5 Å². The van der Waals surface area contributed by atoms with Gasteiger partial charge in [0.1, 0.15) is 10.8 Å². The lowest BCUT2D eigenvalue weighted by molar-refractivity contribution is 0.253. The number of nitrogens with one attached hydrogen (secondary N) is 2. The van der Waals surface area contributed by atoms with Crippen LogP contribution in [-0.4, -0.2) is 29.9 Å². The third-order valence-electron chi connectivity index (χ3n) is 2.39. The van der Waals surface area contributed by atoms with E-state index in [9.17, 15) is 4.79 Å². The van der Waals surface area contributed by atoms with Crippen molar-refractivity contribution in [3.05, 3.63) is 36.9 Å². The molecule has 0 saturated heterocycles. The van der Waals surface area contributed by atoms with E-state index in [-0.39, 0.29) is 6.03 Å². The zero-order valence-corrected chi connectivity index (χ0v) is 11.7. The lowest BCUT2D eigenvalue weighted by atomic mass is 10.2. The molecule has 7 heteroatoms. The molecule has 2 amide bonds. The molecule has 0 bridgehead atoms. The van der Waals surface area contributed by atoms with Crippen molar-refractivity contribution in [2.45, 2.75) is 0 Å². The Bertz CT molecular complexity index is 595. The fourth-order valence-corrected chi connectivity index (χ4v) is 2.17. The molecule has 0 radical (unpaired) electrons. The molecule has 2 aromatic rings. The summed E-state index contributed by atoms with van der Waals surface area (Å²) in [6.45, 7) is 3.92. The fraction of sp³-hybridized carbons (Fsp3) is 0.154. The van der Waals surface area contributed by atoms with Crippen LogP contribution in [0.25, 0.3) is 10.6 Å². The maximum atomic E-state index is 11.5. The third kappa shape index (κ3) is 3.55. The van der Waals surface area contributed by atoms with E-state index in [1.807, 2.05) is 24.3 Å². The molecule has 0 spiro atoms. The van der Waals surface area contributed by atoms with Crippen LogP contribution in [0.3, 0.4) is 0 Å². The standard InChI is InChI=1S/C13H14N4O2S/c1-3-8-14-12(18)15-13-17-16-11(20-13)9-4-6-10(19-2)7-5-9/h3-7H,1,8H2,2H3,(H2,14,15,17,18). The Kier molecular flexibility index (Phi) is 4.67. The van der Waals surface area contributed by atoms with Crippen LogP contribution in [0.4, 0.5) is 9.93 Å². The summed E-state index contributed by atoms with van der Waals surface area (Å²) in [5, 5.41) is 14.3. The lowest BCUT2D eigenvalue weighted by Crippen LogP contribution is -2.28. The van der Waals surface area contributed by atoms with Gasteiger partial charge in [-0.3, -0.25) is 5.32 Å². The number of benzene rings is 1. The molecule has 1 heterocycles. The number of amides is 2. The minimum atomic E-state index is -0.331. The number of methoxy groups -OCH3 is 1. The van der Waals surface area contributed by atoms with Crippen molar-refractivity contribution in [2.24, 2.45) is 0 Å². The van der Waals surface area contributed by atoms with E-state index in [0.29, 0.717) is 11.7 Å². The molecule has 0 aliphatic heterocycles. The first-order chi connectivity index (χ1) is 9.72. The first-order valence-corrected chi connectivity index (χ1v) is 6.68. The summed E-state index contributed by atoms with van der Waals surface area (Å²) in [5.74, 6) is 0.778. The highest BCUT2D eigenvalue weighted by atomic mass is 32.1. The van der Waals surface area contributed by atoms with Gasteiger partial charge in [0.25, 0.3) is 0 Å². The highest BCUT2D eigenvalue weighted by Crippen LogP contribution is 2.27. The van der Waals surface area contributed by atoms with E-state index >= 15 is 0 Å². The molecule has 104 valence electrons. The van der Waals surface area contributed by atoms with Gasteiger partial charge in [0.05, 0.1) is 7.11 Å². The van der Waals surface area contributed by atoms with Crippen LogP contribution in [0.2, 0.25) is 0 Å². The van der Waals surface area contributed by atoms with Crippen LogP contribution >= 0.6 is 11.3 Å². The number of hydrogen-bond acceptors (Lipinski definition) is 5. The number of carbonyl (C=O) groups excluding carboxylic acids is 1. The second kappa shape index (κ2) is 6.67. The summed E-state index contributed by atoms with van der Waals surface area (Å²) in [7, 11) is 1.61. The number of nitrogens with zero attached hydrogens (tertiary/aromatic N) is 2. The number of aromatic nitrogens is 2. The van der Waals surface area contributed by atoms with Crippen molar-refractivity contribution in [1.29, 1.82) is 0 Å². The van der Waals surface area contributed by atoms with Gasteiger partial charge >= 0.3 is 6.03 Å². The second-order valence-electron chi connectivity index (χ2n) is 3.76. The molecule has 0 fully saturated rings. The van der Waals surface area contributed by atoms with E-state index in [0.717, 1.165) is 16.3 Å². The number of rotatable bonds is 5. The zero-order valence-electron chi connectivity index (χ0n) is 10.9. The van der Waals surface area contributed by atoms with Crippen molar-refractivity contribution in [3.63, 3.8) is 0 Å². The maximum absolute atomic E-state index is 11.5. The van der Waals surface area contributed by atoms with E-state index in [1.54, 1.807) is 13.2 Å². The molecule has 0 saturated carbocycles. The van der Waals surface area contributed by atoms with Crippen LogP contribution in [0.15, 0.2) is 36.9 Å². The maximum Gasteiger partial charge on any atom is 0.321 e. The van der Waals surface area contributed by atoms with E-state index < -0.39 is 0 Å². The summed E-state index contributed by atoms with van der Waals surface area (Å²) in [4.78, 5) is 11.5. The summed E-state index contributed by atoms with van der Waals surface area (Å²) in [6, 6.07) is 7.14. The van der Waals surface area contributed by atoms with Crippen LogP contribution in [0.1, 0.15) is 0 Å². The molecule has 0 aliphatic rings. The monoisotopic (exact) mass is 290 g/mol. The average molecular weight is 290 g/mol. The number of urea groups is 1. The van der Waals surface area contributed by atoms with Gasteiger partial charge in [-0.05, 0) is 24.3 Å². The summed E-state index contributed by atoms with van der Waals surface area (Å²) >= 11 is 1.30. The predicted octanol–water partition coefficient (Wildman–Crippen LogP) is 2.52. The number of ether oxygens (including phenoxy) is 1. The SMILES string of the molecule is C=CCNC(=O)Nc1nnc(-c2ccc(OC)cc2)s1. The quantitative estimate of drug-likeness (QED) is 0.830. The molecule has 0 unspecified atom stereocenters. The van der Waals surface area contributed by atoms with Gasteiger partial charge in [-0.1, -0.05) is 17.4 Å². The van der Waals surface area contributed by atoms with Gasteiger partial charge < -0.3 is 10.1 Å². The van der Waals surface area contributed by atoms with E-state index in [2.05, 4.69) is 27.4 Å². The highest BCUT2D eigenvalue weighted by molar-refractivity contribution is 7.18. The highest BCUT2D eigenvalue weighted by Gasteiger charge is 2.09. The molecule has 1 aromatic carbocycles. The Balaban J connectivity index is 2.04. The topological polar surface area (TPSA) is 76.1 Å². The number of anilines is 1. The molecule has 2 rings (SSSR count). The Morgan fingerprint density at radius 3 is 2.80 bits per heavy atom. The Labute approximate surface area is 120 Å². The molecule has 0 aliphatic carbocycles. The summed E-state index contributed by atoms with van der Waals surface area (Å²) < 4.78 is 5.09. The van der Waals surface area contributed by atoms with Crippen LogP contribution in [0.5, 0.6) is 5.75 Å². The van der Waals surface area contributed by atoms with Crippen LogP contribution in [-0.2, 0) is 0 Å². The van der Waals surface area contributed by atoms with Gasteiger partial charge in [0.2, 0.25) is 5.13 Å². The van der Waals surface area contributed by atoms with E-state index in [4.69, 9.17) is 4.74 Å². The lowest BCUT2D eigenvalue weighted by Gasteiger charge is -2.01. The largest absolute Gasteiger partial charge is 0.497 e. The zero-order chi connectivity index (χ0) is 14.4. The van der Waals surface area contributed by atoms with Gasteiger partial charge in [-0.15, -0.1) is 16.8 Å². The summed E-state index contributed by atoms with van der Waals surface area (Å²) in [5.41, 5.74) is 0.919. The number of carbonyl (C=O) groups is 1. The fourth-order valence-electron chi connectivity index (χ4n) is 1.43. The van der Waals surface area contributed by atoms with Gasteiger partial charge in [0, 0.05) is 12.1 Å². The van der Waals surface area contributed by atoms with Gasteiger partial charge in [-0.2, -0.15) is 0 Å². The van der Waals surface area contributed by atoms with Crippen LogP contribution < -0.4 is 15.4 Å². The third-order valence-corrected chi connectivity index (χ3v) is 3.28.